The summed E-state index contributed by atoms with van der Waals surface area (Å²) in [5.74, 6) is 0. The molecule has 1 aromatic rings. The lowest BCUT2D eigenvalue weighted by atomic mass is 10.3. The van der Waals surface area contributed by atoms with Crippen molar-refractivity contribution in [3.8, 4) is 0 Å². The third-order valence-corrected chi connectivity index (χ3v) is 2.75. The van der Waals surface area contributed by atoms with Gasteiger partial charge in [0.05, 0.1) is 29.1 Å². The van der Waals surface area contributed by atoms with Gasteiger partial charge in [0.15, 0.2) is 0 Å². The minimum Gasteiger partial charge on any atom is -0.372 e. The van der Waals surface area contributed by atoms with Crippen LogP contribution in [0.2, 0.25) is 0 Å². The number of halogens is 1. The second kappa shape index (κ2) is 4.77. The molecule has 1 aromatic heterocycles. The summed E-state index contributed by atoms with van der Waals surface area (Å²) in [6.07, 6.45) is 3.13. The van der Waals surface area contributed by atoms with Crippen molar-refractivity contribution in [2.45, 2.75) is 33.0 Å². The number of hydrogen-bond donors (Lipinski definition) is 0. The van der Waals surface area contributed by atoms with Crippen molar-refractivity contribution < 1.29 is 4.74 Å². The van der Waals surface area contributed by atoms with Gasteiger partial charge in [0.25, 0.3) is 0 Å². The fraction of sp³-hybridized carbons (Fsp3) is 0.667. The molecule has 1 heterocycles. The van der Waals surface area contributed by atoms with Crippen molar-refractivity contribution in [2.24, 2.45) is 7.05 Å². The molecule has 0 fully saturated rings. The summed E-state index contributed by atoms with van der Waals surface area (Å²) < 4.78 is 8.44. The number of ether oxygens (including phenoxy) is 1. The van der Waals surface area contributed by atoms with Crippen LogP contribution in [0.3, 0.4) is 0 Å². The highest BCUT2D eigenvalue weighted by atomic mass is 79.9. The standard InChI is InChI=1S/C9H15BrN2O/c1-4-7(2)13-6-9-8(10)5-11-12(9)3/h5,7H,4,6H2,1-3H3. The van der Waals surface area contributed by atoms with E-state index in [0.29, 0.717) is 12.7 Å². The lowest BCUT2D eigenvalue weighted by Crippen LogP contribution is -2.09. The molecule has 0 spiro atoms. The zero-order chi connectivity index (χ0) is 9.84. The summed E-state index contributed by atoms with van der Waals surface area (Å²) >= 11 is 3.43. The van der Waals surface area contributed by atoms with Gasteiger partial charge in [-0.25, -0.2) is 0 Å². The number of aromatic nitrogens is 2. The molecule has 0 amide bonds. The fourth-order valence-electron chi connectivity index (χ4n) is 0.937. The molecule has 1 unspecified atom stereocenters. The van der Waals surface area contributed by atoms with Gasteiger partial charge >= 0.3 is 0 Å². The van der Waals surface area contributed by atoms with Crippen molar-refractivity contribution in [3.63, 3.8) is 0 Å². The molecule has 0 aliphatic heterocycles. The molecule has 3 nitrogen and oxygen atoms in total. The minimum atomic E-state index is 0.307. The van der Waals surface area contributed by atoms with E-state index in [2.05, 4.69) is 34.9 Å². The van der Waals surface area contributed by atoms with Crippen LogP contribution < -0.4 is 0 Å². The van der Waals surface area contributed by atoms with Crippen LogP contribution >= 0.6 is 15.9 Å². The van der Waals surface area contributed by atoms with Gasteiger partial charge < -0.3 is 4.74 Å². The SMILES string of the molecule is CCC(C)OCc1c(Br)cnn1C. The van der Waals surface area contributed by atoms with Gasteiger partial charge in [-0.05, 0) is 29.3 Å². The molecule has 0 saturated heterocycles. The first-order valence-electron chi connectivity index (χ1n) is 4.43. The zero-order valence-corrected chi connectivity index (χ0v) is 9.84. The van der Waals surface area contributed by atoms with E-state index in [1.54, 1.807) is 6.20 Å². The summed E-state index contributed by atoms with van der Waals surface area (Å²) in [5.41, 5.74) is 1.08. The predicted molar refractivity (Wildman–Crippen MR) is 55.5 cm³/mol. The monoisotopic (exact) mass is 246 g/mol. The zero-order valence-electron chi connectivity index (χ0n) is 8.25. The Balaban J connectivity index is 2.53. The Morgan fingerprint density at radius 3 is 2.85 bits per heavy atom. The average molecular weight is 247 g/mol. The molecule has 4 heteroatoms. The topological polar surface area (TPSA) is 27.1 Å². The van der Waals surface area contributed by atoms with Crippen molar-refractivity contribution in [1.29, 1.82) is 0 Å². The van der Waals surface area contributed by atoms with Crippen LogP contribution in [0.1, 0.15) is 26.0 Å². The van der Waals surface area contributed by atoms with Crippen LogP contribution in [-0.2, 0) is 18.4 Å². The van der Waals surface area contributed by atoms with Crippen molar-refractivity contribution >= 4 is 15.9 Å². The number of rotatable bonds is 4. The second-order valence-corrected chi connectivity index (χ2v) is 3.95. The van der Waals surface area contributed by atoms with Gasteiger partial charge in [-0.15, -0.1) is 0 Å². The Kier molecular flexibility index (Phi) is 3.93. The summed E-state index contributed by atoms with van der Waals surface area (Å²) in [5, 5.41) is 4.11. The molecular weight excluding hydrogens is 232 g/mol. The van der Waals surface area contributed by atoms with Crippen molar-refractivity contribution in [3.05, 3.63) is 16.4 Å². The molecule has 0 aliphatic rings. The highest BCUT2D eigenvalue weighted by Gasteiger charge is 2.07. The van der Waals surface area contributed by atoms with Crippen LogP contribution in [0.4, 0.5) is 0 Å². The van der Waals surface area contributed by atoms with Crippen LogP contribution in [0.25, 0.3) is 0 Å². The number of hydrogen-bond acceptors (Lipinski definition) is 2. The maximum atomic E-state index is 5.61. The van der Waals surface area contributed by atoms with Gasteiger partial charge in [-0.3, -0.25) is 4.68 Å². The average Bonchev–Trinajstić information content (AvgIpc) is 2.43. The van der Waals surface area contributed by atoms with Crippen molar-refractivity contribution in [2.75, 3.05) is 0 Å². The first kappa shape index (κ1) is 10.7. The highest BCUT2D eigenvalue weighted by Crippen LogP contribution is 2.16. The Bertz CT molecular complexity index is 253. The van der Waals surface area contributed by atoms with E-state index in [-0.39, 0.29) is 0 Å². The maximum Gasteiger partial charge on any atom is 0.0899 e. The lowest BCUT2D eigenvalue weighted by Gasteiger charge is -2.10. The van der Waals surface area contributed by atoms with E-state index < -0.39 is 0 Å². The third-order valence-electron chi connectivity index (χ3n) is 2.09. The van der Waals surface area contributed by atoms with E-state index in [9.17, 15) is 0 Å². The van der Waals surface area contributed by atoms with Crippen LogP contribution in [-0.4, -0.2) is 15.9 Å². The normalized spacial score (nSPS) is 13.2. The smallest absolute Gasteiger partial charge is 0.0899 e. The minimum absolute atomic E-state index is 0.307. The van der Waals surface area contributed by atoms with Gasteiger partial charge in [0, 0.05) is 7.05 Å². The number of nitrogens with zero attached hydrogens (tertiary/aromatic N) is 2. The highest BCUT2D eigenvalue weighted by molar-refractivity contribution is 9.10. The van der Waals surface area contributed by atoms with E-state index in [0.717, 1.165) is 16.6 Å². The van der Waals surface area contributed by atoms with E-state index in [1.807, 2.05) is 11.7 Å². The van der Waals surface area contributed by atoms with Gasteiger partial charge in [0.2, 0.25) is 0 Å². The van der Waals surface area contributed by atoms with Crippen LogP contribution in [0.15, 0.2) is 10.7 Å². The molecule has 0 aromatic carbocycles. The van der Waals surface area contributed by atoms with Gasteiger partial charge in [-0.1, -0.05) is 6.92 Å². The quantitative estimate of drug-likeness (QED) is 0.817. The molecule has 74 valence electrons. The fourth-order valence-corrected chi connectivity index (χ4v) is 1.40. The molecule has 13 heavy (non-hydrogen) atoms. The molecule has 1 atom stereocenters. The molecule has 1 rings (SSSR count). The Morgan fingerprint density at radius 2 is 2.38 bits per heavy atom. The predicted octanol–water partition coefficient (Wildman–Crippen LogP) is 2.50. The molecule has 0 bridgehead atoms. The lowest BCUT2D eigenvalue weighted by molar-refractivity contribution is 0.0468. The molecule has 0 N–H and O–H groups in total. The van der Waals surface area contributed by atoms with E-state index in [4.69, 9.17) is 4.74 Å². The summed E-state index contributed by atoms with van der Waals surface area (Å²) in [6, 6.07) is 0. The number of aryl methyl sites for hydroxylation is 1. The molecular formula is C9H15BrN2O. The van der Waals surface area contributed by atoms with E-state index >= 15 is 0 Å². The summed E-state index contributed by atoms with van der Waals surface area (Å²) in [4.78, 5) is 0. The summed E-state index contributed by atoms with van der Waals surface area (Å²) in [6.45, 7) is 4.80. The summed E-state index contributed by atoms with van der Waals surface area (Å²) in [7, 11) is 1.92. The van der Waals surface area contributed by atoms with Crippen LogP contribution in [0, 0.1) is 0 Å². The van der Waals surface area contributed by atoms with Crippen molar-refractivity contribution in [1.82, 2.24) is 9.78 Å². The Morgan fingerprint density at radius 1 is 1.69 bits per heavy atom. The molecule has 0 saturated carbocycles. The second-order valence-electron chi connectivity index (χ2n) is 3.09. The third kappa shape index (κ3) is 2.81. The molecule has 0 aliphatic carbocycles. The van der Waals surface area contributed by atoms with Gasteiger partial charge in [0.1, 0.15) is 0 Å². The van der Waals surface area contributed by atoms with Gasteiger partial charge in [-0.2, -0.15) is 5.10 Å². The first-order valence-corrected chi connectivity index (χ1v) is 5.22. The largest absolute Gasteiger partial charge is 0.372 e. The Hall–Kier alpha value is -0.350. The molecule has 0 radical (unpaired) electrons. The first-order chi connectivity index (χ1) is 6.15. The Labute approximate surface area is 87.2 Å². The van der Waals surface area contributed by atoms with E-state index in [1.165, 1.54) is 0 Å². The maximum absolute atomic E-state index is 5.61. The van der Waals surface area contributed by atoms with Crippen LogP contribution in [0.5, 0.6) is 0 Å².